The Morgan fingerprint density at radius 1 is 1.54 bits per heavy atom. The molecule has 0 atom stereocenters. The summed E-state index contributed by atoms with van der Waals surface area (Å²) in [6, 6.07) is 5.55. The number of nitrogens with two attached hydrogens (primary N) is 1. The number of hydrogen-bond acceptors (Lipinski definition) is 2. The van der Waals surface area contributed by atoms with E-state index in [0.29, 0.717) is 5.02 Å². The highest BCUT2D eigenvalue weighted by molar-refractivity contribution is 7.80. The third-order valence-electron chi connectivity index (χ3n) is 1.59. The van der Waals surface area contributed by atoms with Crippen molar-refractivity contribution in [2.45, 2.75) is 6.92 Å². The summed E-state index contributed by atoms with van der Waals surface area (Å²) in [6.45, 7) is 1.91. The van der Waals surface area contributed by atoms with Crippen LogP contribution in [0.4, 0.5) is 5.69 Å². The van der Waals surface area contributed by atoms with Crippen molar-refractivity contribution in [1.82, 2.24) is 5.43 Å². The van der Waals surface area contributed by atoms with Gasteiger partial charge in [0.15, 0.2) is 5.11 Å². The zero-order valence-corrected chi connectivity index (χ0v) is 8.67. The third kappa shape index (κ3) is 2.75. The molecule has 0 bridgehead atoms. The minimum absolute atomic E-state index is 0.194. The Hall–Kier alpha value is -1.00. The minimum Gasteiger partial charge on any atom is -0.375 e. The van der Waals surface area contributed by atoms with Crippen LogP contribution in [0.5, 0.6) is 0 Å². The van der Waals surface area contributed by atoms with Crippen molar-refractivity contribution >= 4 is 34.6 Å². The molecule has 0 aliphatic carbocycles. The van der Waals surface area contributed by atoms with E-state index in [2.05, 4.69) is 23.1 Å². The molecule has 0 radical (unpaired) electrons. The number of anilines is 1. The van der Waals surface area contributed by atoms with Gasteiger partial charge in [-0.2, -0.15) is 0 Å². The number of hydrazine groups is 1. The molecule has 0 amide bonds. The summed E-state index contributed by atoms with van der Waals surface area (Å²) < 4.78 is 0. The fourth-order valence-electron chi connectivity index (χ4n) is 0.872. The molecule has 0 heterocycles. The fourth-order valence-corrected chi connectivity index (χ4v) is 1.10. The van der Waals surface area contributed by atoms with Crippen molar-refractivity contribution < 1.29 is 0 Å². The minimum atomic E-state index is 0.194. The Kier molecular flexibility index (Phi) is 3.33. The second kappa shape index (κ2) is 4.30. The number of rotatable bonds is 2. The molecule has 0 aliphatic heterocycles. The number of halogens is 1. The average molecular weight is 216 g/mol. The summed E-state index contributed by atoms with van der Waals surface area (Å²) >= 11 is 10.5. The van der Waals surface area contributed by atoms with Crippen LogP contribution in [0.2, 0.25) is 5.02 Å². The van der Waals surface area contributed by atoms with Crippen molar-refractivity contribution in [2.24, 2.45) is 5.73 Å². The average Bonchev–Trinajstić information content (AvgIpc) is 2.07. The molecule has 0 fully saturated rings. The zero-order chi connectivity index (χ0) is 9.84. The predicted molar refractivity (Wildman–Crippen MR) is 59.7 cm³/mol. The Labute approximate surface area is 87.2 Å². The maximum atomic E-state index is 5.90. The predicted octanol–water partition coefficient (Wildman–Crippen LogP) is 1.81. The van der Waals surface area contributed by atoms with E-state index in [1.807, 2.05) is 25.1 Å². The van der Waals surface area contributed by atoms with Crippen LogP contribution in [0.25, 0.3) is 0 Å². The first kappa shape index (κ1) is 10.1. The van der Waals surface area contributed by atoms with Crippen LogP contribution in [0.3, 0.4) is 0 Å². The summed E-state index contributed by atoms with van der Waals surface area (Å²) in [4.78, 5) is 0. The van der Waals surface area contributed by atoms with Crippen LogP contribution >= 0.6 is 23.8 Å². The van der Waals surface area contributed by atoms with Gasteiger partial charge in [-0.25, -0.2) is 0 Å². The lowest BCUT2D eigenvalue weighted by molar-refractivity contribution is 1.12. The van der Waals surface area contributed by atoms with E-state index in [1.54, 1.807) is 0 Å². The number of benzene rings is 1. The maximum Gasteiger partial charge on any atom is 0.182 e. The molecule has 1 aromatic rings. The van der Waals surface area contributed by atoms with Gasteiger partial charge in [-0.15, -0.1) is 0 Å². The Bertz CT molecular complexity index is 327. The van der Waals surface area contributed by atoms with Gasteiger partial charge in [0.05, 0.1) is 5.69 Å². The van der Waals surface area contributed by atoms with E-state index in [9.17, 15) is 0 Å². The fraction of sp³-hybridized carbons (Fsp3) is 0.125. The highest BCUT2D eigenvalue weighted by atomic mass is 35.5. The van der Waals surface area contributed by atoms with E-state index in [1.165, 1.54) is 0 Å². The van der Waals surface area contributed by atoms with Crippen LogP contribution in [0, 0.1) is 6.92 Å². The van der Waals surface area contributed by atoms with Crippen LogP contribution in [0.1, 0.15) is 5.56 Å². The van der Waals surface area contributed by atoms with E-state index in [4.69, 9.17) is 17.3 Å². The van der Waals surface area contributed by atoms with Crippen LogP contribution < -0.4 is 16.6 Å². The van der Waals surface area contributed by atoms with Gasteiger partial charge in [-0.1, -0.05) is 17.7 Å². The van der Waals surface area contributed by atoms with Crippen LogP contribution in [-0.2, 0) is 0 Å². The topological polar surface area (TPSA) is 50.1 Å². The molecule has 5 heteroatoms. The normalized spacial score (nSPS) is 9.38. The SMILES string of the molecule is Cc1c(Cl)cccc1NNC(N)=S. The first-order chi connectivity index (χ1) is 6.11. The summed E-state index contributed by atoms with van der Waals surface area (Å²) in [5.74, 6) is 0. The number of thiocarbonyl (C=S) groups is 1. The molecule has 0 unspecified atom stereocenters. The number of nitrogens with one attached hydrogen (secondary N) is 2. The third-order valence-corrected chi connectivity index (χ3v) is 2.10. The molecule has 4 N–H and O–H groups in total. The second-order valence-electron chi connectivity index (χ2n) is 2.53. The van der Waals surface area contributed by atoms with Crippen molar-refractivity contribution in [3.05, 3.63) is 28.8 Å². The van der Waals surface area contributed by atoms with Gasteiger partial charge in [0, 0.05) is 5.02 Å². The molecule has 1 rings (SSSR count). The van der Waals surface area contributed by atoms with Gasteiger partial charge in [-0.3, -0.25) is 10.9 Å². The molecule has 0 aliphatic rings. The Morgan fingerprint density at radius 3 is 2.85 bits per heavy atom. The smallest absolute Gasteiger partial charge is 0.182 e. The van der Waals surface area contributed by atoms with Gasteiger partial charge in [-0.05, 0) is 36.8 Å². The van der Waals surface area contributed by atoms with E-state index in [-0.39, 0.29) is 5.11 Å². The maximum absolute atomic E-state index is 5.90. The Morgan fingerprint density at radius 2 is 2.23 bits per heavy atom. The van der Waals surface area contributed by atoms with Crippen molar-refractivity contribution in [2.75, 3.05) is 5.43 Å². The molecular weight excluding hydrogens is 206 g/mol. The summed E-state index contributed by atoms with van der Waals surface area (Å²) in [7, 11) is 0. The monoisotopic (exact) mass is 215 g/mol. The largest absolute Gasteiger partial charge is 0.375 e. The lowest BCUT2D eigenvalue weighted by Gasteiger charge is -2.10. The van der Waals surface area contributed by atoms with Gasteiger partial charge < -0.3 is 5.73 Å². The lowest BCUT2D eigenvalue weighted by Crippen LogP contribution is -2.34. The standard InChI is InChI=1S/C8H10ClN3S/c1-5-6(9)3-2-4-7(5)11-12-8(10)13/h2-4,11H,1H3,(H3,10,12,13). The van der Waals surface area contributed by atoms with Crippen LogP contribution in [-0.4, -0.2) is 5.11 Å². The van der Waals surface area contributed by atoms with E-state index < -0.39 is 0 Å². The molecular formula is C8H10ClN3S. The molecule has 70 valence electrons. The van der Waals surface area contributed by atoms with E-state index >= 15 is 0 Å². The van der Waals surface area contributed by atoms with Crippen molar-refractivity contribution in [3.8, 4) is 0 Å². The second-order valence-corrected chi connectivity index (χ2v) is 3.37. The molecule has 0 saturated heterocycles. The molecule has 13 heavy (non-hydrogen) atoms. The van der Waals surface area contributed by atoms with Gasteiger partial charge in [0.25, 0.3) is 0 Å². The number of hydrogen-bond donors (Lipinski definition) is 3. The lowest BCUT2D eigenvalue weighted by atomic mass is 10.2. The zero-order valence-electron chi connectivity index (χ0n) is 7.10. The highest BCUT2D eigenvalue weighted by Crippen LogP contribution is 2.21. The van der Waals surface area contributed by atoms with Gasteiger partial charge in [0.2, 0.25) is 0 Å². The first-order valence-electron chi connectivity index (χ1n) is 3.68. The first-order valence-corrected chi connectivity index (χ1v) is 4.46. The van der Waals surface area contributed by atoms with E-state index in [0.717, 1.165) is 11.3 Å². The highest BCUT2D eigenvalue weighted by Gasteiger charge is 2.00. The van der Waals surface area contributed by atoms with Crippen molar-refractivity contribution in [1.29, 1.82) is 0 Å². The molecule has 0 aromatic heterocycles. The quantitative estimate of drug-likeness (QED) is 0.520. The molecule has 3 nitrogen and oxygen atoms in total. The van der Waals surface area contributed by atoms with Gasteiger partial charge >= 0.3 is 0 Å². The van der Waals surface area contributed by atoms with Crippen molar-refractivity contribution in [3.63, 3.8) is 0 Å². The Balaban J connectivity index is 2.77. The molecule has 0 saturated carbocycles. The summed E-state index contributed by atoms with van der Waals surface area (Å²) in [5.41, 5.74) is 12.5. The van der Waals surface area contributed by atoms with Gasteiger partial charge in [0.1, 0.15) is 0 Å². The summed E-state index contributed by atoms with van der Waals surface area (Å²) in [5, 5.41) is 0.897. The summed E-state index contributed by atoms with van der Waals surface area (Å²) in [6.07, 6.45) is 0. The molecule has 1 aromatic carbocycles. The van der Waals surface area contributed by atoms with Crippen LogP contribution in [0.15, 0.2) is 18.2 Å². The molecule has 0 spiro atoms.